The van der Waals surface area contributed by atoms with Gasteiger partial charge in [0.15, 0.2) is 0 Å². The van der Waals surface area contributed by atoms with E-state index in [1.807, 2.05) is 13.8 Å². The van der Waals surface area contributed by atoms with E-state index in [2.05, 4.69) is 43.7 Å². The van der Waals surface area contributed by atoms with Gasteiger partial charge in [0.05, 0.1) is 12.3 Å². The van der Waals surface area contributed by atoms with E-state index in [4.69, 9.17) is 0 Å². The maximum absolute atomic E-state index is 9.44. The Morgan fingerprint density at radius 2 is 1.76 bits per heavy atom. The second-order valence-electron chi connectivity index (χ2n) is 4.77. The maximum atomic E-state index is 9.44. The second kappa shape index (κ2) is 8.67. The lowest BCUT2D eigenvalue weighted by molar-refractivity contribution is 0.0887. The third-order valence-electron chi connectivity index (χ3n) is 3.40. The van der Waals surface area contributed by atoms with Crippen molar-refractivity contribution in [3.05, 3.63) is 11.6 Å². The van der Waals surface area contributed by atoms with E-state index in [-0.39, 0.29) is 6.10 Å². The summed E-state index contributed by atoms with van der Waals surface area (Å²) in [5, 5.41) is 9.44. The summed E-state index contributed by atoms with van der Waals surface area (Å²) in [6, 6.07) is 0. The predicted octanol–water partition coefficient (Wildman–Crippen LogP) is 2.32. The molecule has 17 heavy (non-hydrogen) atoms. The first-order chi connectivity index (χ1) is 7.96. The van der Waals surface area contributed by atoms with E-state index >= 15 is 0 Å². The molecule has 0 rings (SSSR count). The molecule has 0 spiro atoms. The van der Waals surface area contributed by atoms with Crippen LogP contribution in [0.3, 0.4) is 0 Å². The van der Waals surface area contributed by atoms with Gasteiger partial charge in [0.25, 0.3) is 0 Å². The molecular weight excluding hydrogens is 212 g/mol. The Balaban J connectivity index is 4.35. The van der Waals surface area contributed by atoms with Gasteiger partial charge in [-0.1, -0.05) is 25.5 Å². The average molecular weight is 242 g/mol. The molecule has 0 aliphatic rings. The molecule has 0 aliphatic heterocycles. The summed E-state index contributed by atoms with van der Waals surface area (Å²) < 4.78 is 0. The van der Waals surface area contributed by atoms with Gasteiger partial charge in [0.2, 0.25) is 0 Å². The van der Waals surface area contributed by atoms with Crippen LogP contribution in [0.15, 0.2) is 11.6 Å². The van der Waals surface area contributed by atoms with Crippen molar-refractivity contribution in [3.8, 4) is 0 Å². The lowest BCUT2D eigenvalue weighted by atomic mass is 10.1. The molecule has 2 atom stereocenters. The van der Waals surface area contributed by atoms with Crippen molar-refractivity contribution in [3.63, 3.8) is 0 Å². The van der Waals surface area contributed by atoms with Crippen molar-refractivity contribution in [2.45, 2.75) is 53.3 Å². The van der Waals surface area contributed by atoms with Crippen LogP contribution < -0.4 is 0 Å². The van der Waals surface area contributed by atoms with Crippen molar-refractivity contribution in [1.82, 2.24) is 9.80 Å². The molecule has 0 amide bonds. The fraction of sp³-hybridized carbons (Fsp3) is 0.857. The minimum Gasteiger partial charge on any atom is -0.393 e. The molecule has 0 aromatic rings. The van der Waals surface area contributed by atoms with E-state index in [0.29, 0.717) is 6.17 Å². The van der Waals surface area contributed by atoms with Crippen molar-refractivity contribution >= 4 is 0 Å². The van der Waals surface area contributed by atoms with Gasteiger partial charge in [0.1, 0.15) is 0 Å². The number of rotatable bonds is 8. The molecule has 3 heteroatoms. The van der Waals surface area contributed by atoms with Crippen LogP contribution in [-0.4, -0.2) is 53.9 Å². The van der Waals surface area contributed by atoms with E-state index in [1.54, 1.807) is 0 Å². The first kappa shape index (κ1) is 16.6. The van der Waals surface area contributed by atoms with Crippen molar-refractivity contribution in [2.24, 2.45) is 0 Å². The Labute approximate surface area is 107 Å². The smallest absolute Gasteiger partial charge is 0.0593 e. The highest BCUT2D eigenvalue weighted by Gasteiger charge is 2.16. The average Bonchev–Trinajstić information content (AvgIpc) is 2.28. The van der Waals surface area contributed by atoms with Crippen LogP contribution in [0.25, 0.3) is 0 Å². The van der Waals surface area contributed by atoms with Crippen LogP contribution in [0, 0.1) is 0 Å². The van der Waals surface area contributed by atoms with Crippen LogP contribution in [0.2, 0.25) is 0 Å². The molecule has 2 unspecified atom stereocenters. The van der Waals surface area contributed by atoms with Gasteiger partial charge in [-0.25, -0.2) is 0 Å². The Morgan fingerprint density at radius 3 is 2.12 bits per heavy atom. The number of allylic oxidation sites excluding steroid dienone is 1. The summed E-state index contributed by atoms with van der Waals surface area (Å²) in [4.78, 5) is 4.76. The van der Waals surface area contributed by atoms with Crippen LogP contribution in [0.5, 0.6) is 0 Å². The monoisotopic (exact) mass is 242 g/mol. The predicted molar refractivity (Wildman–Crippen MR) is 75.1 cm³/mol. The van der Waals surface area contributed by atoms with Crippen LogP contribution >= 0.6 is 0 Å². The molecule has 0 heterocycles. The topological polar surface area (TPSA) is 26.7 Å². The number of aliphatic hydroxyl groups is 1. The molecule has 0 aliphatic carbocycles. The molecule has 0 aromatic heterocycles. The molecule has 0 fully saturated rings. The van der Waals surface area contributed by atoms with E-state index < -0.39 is 0 Å². The van der Waals surface area contributed by atoms with Crippen molar-refractivity contribution < 1.29 is 5.11 Å². The van der Waals surface area contributed by atoms with Gasteiger partial charge in [-0.05, 0) is 47.3 Å². The fourth-order valence-corrected chi connectivity index (χ4v) is 2.14. The number of nitrogens with zero attached hydrogens (tertiary/aromatic N) is 2. The number of hydrogen-bond donors (Lipinski definition) is 1. The van der Waals surface area contributed by atoms with Gasteiger partial charge < -0.3 is 5.11 Å². The van der Waals surface area contributed by atoms with Gasteiger partial charge >= 0.3 is 0 Å². The summed E-state index contributed by atoms with van der Waals surface area (Å²) in [5.74, 6) is 0. The van der Waals surface area contributed by atoms with Crippen molar-refractivity contribution in [2.75, 3.05) is 26.7 Å². The highest BCUT2D eigenvalue weighted by Crippen LogP contribution is 2.11. The Bertz CT molecular complexity index is 222. The Hall–Kier alpha value is -0.380. The maximum Gasteiger partial charge on any atom is 0.0593 e. The first-order valence-corrected chi connectivity index (χ1v) is 6.72. The third-order valence-corrected chi connectivity index (χ3v) is 3.40. The van der Waals surface area contributed by atoms with Crippen LogP contribution in [0.4, 0.5) is 0 Å². The molecule has 1 N–H and O–H groups in total. The largest absolute Gasteiger partial charge is 0.393 e. The fourth-order valence-electron chi connectivity index (χ4n) is 2.14. The summed E-state index contributed by atoms with van der Waals surface area (Å²) >= 11 is 0. The molecule has 0 aromatic carbocycles. The second-order valence-corrected chi connectivity index (χ2v) is 4.77. The summed E-state index contributed by atoms with van der Waals surface area (Å²) in [5.41, 5.74) is 1.31. The molecule has 102 valence electrons. The lowest BCUT2D eigenvalue weighted by Crippen LogP contribution is -2.45. The highest BCUT2D eigenvalue weighted by atomic mass is 16.3. The SMILES string of the molecule is CC=C(CC(C)O)CN(C)C(C)N(CC)CC. The van der Waals surface area contributed by atoms with Gasteiger partial charge in [-0.15, -0.1) is 0 Å². The van der Waals surface area contributed by atoms with Crippen LogP contribution in [0.1, 0.15) is 41.0 Å². The third kappa shape index (κ3) is 6.20. The summed E-state index contributed by atoms with van der Waals surface area (Å²) in [6.07, 6.45) is 3.08. The molecule has 0 saturated carbocycles. The normalized spacial score (nSPS) is 16.6. The molecule has 0 saturated heterocycles. The van der Waals surface area contributed by atoms with Crippen LogP contribution in [-0.2, 0) is 0 Å². The first-order valence-electron chi connectivity index (χ1n) is 6.72. The zero-order valence-corrected chi connectivity index (χ0v) is 12.4. The van der Waals surface area contributed by atoms with Gasteiger partial charge in [-0.2, -0.15) is 0 Å². The zero-order valence-electron chi connectivity index (χ0n) is 12.4. The summed E-state index contributed by atoms with van der Waals surface area (Å²) in [7, 11) is 2.15. The number of likely N-dealkylation sites (N-methyl/N-ethyl adjacent to an activating group) is 1. The van der Waals surface area contributed by atoms with E-state index in [1.165, 1.54) is 5.57 Å². The Morgan fingerprint density at radius 1 is 1.24 bits per heavy atom. The Kier molecular flexibility index (Phi) is 8.48. The standard InChI is InChI=1S/C14H30N2O/c1-7-14(10-12(4)17)11-15(6)13(5)16(8-2)9-3/h7,12-13,17H,8-11H2,1-6H3. The van der Waals surface area contributed by atoms with Gasteiger partial charge in [-0.3, -0.25) is 9.80 Å². The highest BCUT2D eigenvalue weighted by molar-refractivity contribution is 5.04. The molecule has 3 nitrogen and oxygen atoms in total. The van der Waals surface area contributed by atoms with Gasteiger partial charge in [0, 0.05) is 6.54 Å². The zero-order chi connectivity index (χ0) is 13.4. The lowest BCUT2D eigenvalue weighted by Gasteiger charge is -2.34. The van der Waals surface area contributed by atoms with Crippen molar-refractivity contribution in [1.29, 1.82) is 0 Å². The molecular formula is C14H30N2O. The quantitative estimate of drug-likeness (QED) is 0.523. The molecule has 0 bridgehead atoms. The number of hydrogen-bond acceptors (Lipinski definition) is 3. The molecule has 0 radical (unpaired) electrons. The minimum atomic E-state index is -0.252. The summed E-state index contributed by atoms with van der Waals surface area (Å²) in [6.45, 7) is 13.6. The van der Waals surface area contributed by atoms with E-state index in [9.17, 15) is 5.11 Å². The van der Waals surface area contributed by atoms with E-state index in [0.717, 1.165) is 26.1 Å². The number of aliphatic hydroxyl groups excluding tert-OH is 1. The minimum absolute atomic E-state index is 0.252.